The molecule has 0 nitrogen and oxygen atoms in total. The van der Waals surface area contributed by atoms with Crippen molar-refractivity contribution in [2.24, 2.45) is 5.41 Å². The van der Waals surface area contributed by atoms with E-state index in [1.54, 1.807) is 0 Å². The Kier molecular flexibility index (Phi) is 4.11. The molecule has 0 aromatic heterocycles. The van der Waals surface area contributed by atoms with Crippen molar-refractivity contribution < 1.29 is 0 Å². The molecule has 1 aliphatic heterocycles. The second-order valence-corrected chi connectivity index (χ2v) is 14.0. The van der Waals surface area contributed by atoms with Gasteiger partial charge in [0.25, 0.3) is 0 Å². The third kappa shape index (κ3) is 3.51. The number of rotatable bonds is 4. The summed E-state index contributed by atoms with van der Waals surface area (Å²) in [4.78, 5) is 0. The molecule has 0 saturated carbocycles. The van der Waals surface area contributed by atoms with Gasteiger partial charge in [-0.25, -0.2) is 8.75 Å². The molecule has 17 heavy (non-hydrogen) atoms. The number of thioether (sulfide) groups is 1. The SMILES string of the molecule is C=S(C)(C)(C)C1=CC(C(C)(CC)CC)=CCS1. The summed E-state index contributed by atoms with van der Waals surface area (Å²) in [5, 5.41) is 0. The molecule has 0 spiro atoms. The van der Waals surface area contributed by atoms with Gasteiger partial charge in [0.15, 0.2) is 0 Å². The zero-order chi connectivity index (χ0) is 13.3. The monoisotopic (exact) mass is 272 g/mol. The average Bonchev–Trinajstić information content (AvgIpc) is 2.26. The Bertz CT molecular complexity index is 403. The van der Waals surface area contributed by atoms with Crippen LogP contribution in [0.25, 0.3) is 0 Å². The maximum atomic E-state index is 4.49. The van der Waals surface area contributed by atoms with Gasteiger partial charge in [-0.3, -0.25) is 0 Å². The molecule has 0 unspecified atom stereocenters. The molecule has 0 fully saturated rings. The van der Waals surface area contributed by atoms with E-state index in [1.807, 2.05) is 11.8 Å². The summed E-state index contributed by atoms with van der Waals surface area (Å²) in [6, 6.07) is 0. The second-order valence-electron chi connectivity index (χ2n) is 6.55. The first-order valence-electron chi connectivity index (χ1n) is 6.36. The van der Waals surface area contributed by atoms with Crippen LogP contribution in [0.15, 0.2) is 22.0 Å². The Balaban J connectivity index is 3.16. The zero-order valence-electron chi connectivity index (χ0n) is 12.3. The van der Waals surface area contributed by atoms with Crippen LogP contribution in [-0.2, 0) is 0 Å². The first-order chi connectivity index (χ1) is 7.59. The Labute approximate surface area is 112 Å². The normalized spacial score (nSPS) is 20.2. The van der Waals surface area contributed by atoms with Crippen molar-refractivity contribution >= 4 is 26.4 Å². The molecule has 0 aromatic carbocycles. The Hall–Kier alpha value is 0.0500. The third-order valence-electron chi connectivity index (χ3n) is 3.81. The summed E-state index contributed by atoms with van der Waals surface area (Å²) in [7, 11) is -1.59. The van der Waals surface area contributed by atoms with E-state index in [0.717, 1.165) is 5.75 Å². The number of hydrogen-bond acceptors (Lipinski definition) is 1. The van der Waals surface area contributed by atoms with Gasteiger partial charge in [0.1, 0.15) is 0 Å². The van der Waals surface area contributed by atoms with Crippen LogP contribution in [0.3, 0.4) is 0 Å². The number of hydrogen-bond donors (Lipinski definition) is 0. The minimum Gasteiger partial charge on any atom is -0.230 e. The summed E-state index contributed by atoms with van der Waals surface area (Å²) in [6.45, 7) is 6.98. The van der Waals surface area contributed by atoms with Gasteiger partial charge < -0.3 is 0 Å². The van der Waals surface area contributed by atoms with E-state index < -0.39 is 8.75 Å². The van der Waals surface area contributed by atoms with E-state index in [2.05, 4.69) is 57.6 Å². The molecule has 100 valence electrons. The van der Waals surface area contributed by atoms with E-state index in [0.29, 0.717) is 5.41 Å². The molecule has 1 rings (SSSR count). The predicted molar refractivity (Wildman–Crippen MR) is 89.8 cm³/mol. The van der Waals surface area contributed by atoms with Crippen molar-refractivity contribution in [2.75, 3.05) is 24.5 Å². The maximum absolute atomic E-state index is 4.49. The van der Waals surface area contributed by atoms with Crippen molar-refractivity contribution in [3.05, 3.63) is 22.0 Å². The highest BCUT2D eigenvalue weighted by molar-refractivity contribution is 8.53. The molecule has 1 aliphatic rings. The summed E-state index contributed by atoms with van der Waals surface area (Å²) in [5.74, 6) is 5.61. The van der Waals surface area contributed by atoms with Crippen molar-refractivity contribution in [2.45, 2.75) is 33.6 Å². The van der Waals surface area contributed by atoms with Crippen molar-refractivity contribution in [3.8, 4) is 0 Å². The van der Waals surface area contributed by atoms with Crippen LogP contribution in [0.5, 0.6) is 0 Å². The fourth-order valence-corrected chi connectivity index (χ4v) is 5.11. The molecule has 0 aliphatic carbocycles. The van der Waals surface area contributed by atoms with Gasteiger partial charge >= 0.3 is 0 Å². The van der Waals surface area contributed by atoms with E-state index in [1.165, 1.54) is 22.7 Å². The van der Waals surface area contributed by atoms with Crippen LogP contribution in [0, 0.1) is 5.41 Å². The van der Waals surface area contributed by atoms with Crippen LogP contribution in [0.4, 0.5) is 0 Å². The molecule has 0 amide bonds. The highest BCUT2D eigenvalue weighted by atomic mass is 32.3. The summed E-state index contributed by atoms with van der Waals surface area (Å²) < 4.78 is 1.52. The lowest BCUT2D eigenvalue weighted by Gasteiger charge is -2.41. The Morgan fingerprint density at radius 1 is 1.29 bits per heavy atom. The molecule has 0 atom stereocenters. The van der Waals surface area contributed by atoms with Crippen molar-refractivity contribution in [3.63, 3.8) is 0 Å². The molecule has 0 saturated heterocycles. The van der Waals surface area contributed by atoms with Gasteiger partial charge in [-0.05, 0) is 48.7 Å². The number of allylic oxidation sites excluding steroid dienone is 2. The fraction of sp³-hybridized carbons (Fsp3) is 0.667. The van der Waals surface area contributed by atoms with E-state index in [-0.39, 0.29) is 0 Å². The lowest BCUT2D eigenvalue weighted by Crippen LogP contribution is -2.19. The Morgan fingerprint density at radius 2 is 1.82 bits per heavy atom. The average molecular weight is 273 g/mol. The van der Waals surface area contributed by atoms with Gasteiger partial charge in [0.2, 0.25) is 0 Å². The smallest absolute Gasteiger partial charge is 0.0192 e. The minimum atomic E-state index is -1.59. The highest BCUT2D eigenvalue weighted by Gasteiger charge is 2.28. The molecular weight excluding hydrogens is 244 g/mol. The predicted octanol–water partition coefficient (Wildman–Crippen LogP) is 4.99. The molecular formula is C15H28S2. The van der Waals surface area contributed by atoms with Crippen molar-refractivity contribution in [1.29, 1.82) is 0 Å². The quantitative estimate of drug-likeness (QED) is 0.650. The first kappa shape index (κ1) is 15.1. The van der Waals surface area contributed by atoms with E-state index in [9.17, 15) is 0 Å². The van der Waals surface area contributed by atoms with Gasteiger partial charge in [0, 0.05) is 9.99 Å². The van der Waals surface area contributed by atoms with Crippen LogP contribution in [0.2, 0.25) is 0 Å². The van der Waals surface area contributed by atoms with Gasteiger partial charge in [0.05, 0.1) is 0 Å². The fourth-order valence-electron chi connectivity index (χ4n) is 1.96. The summed E-state index contributed by atoms with van der Waals surface area (Å²) >= 11 is 1.98. The summed E-state index contributed by atoms with van der Waals surface area (Å²) in [5.41, 5.74) is 1.88. The standard InChI is InChI=1S/C15H28S2/c1-8-15(3,9-2)13-10-11-16-14(12-13)17(4,5,6)7/h10,12H,4,8-9,11H2,1-3,5-7H3. The summed E-state index contributed by atoms with van der Waals surface area (Å²) in [6.07, 6.45) is 14.3. The first-order valence-corrected chi connectivity index (χ1v) is 10.8. The third-order valence-corrected chi connectivity index (χ3v) is 8.36. The molecule has 0 aromatic rings. The van der Waals surface area contributed by atoms with Crippen LogP contribution in [-0.4, -0.2) is 30.4 Å². The molecule has 0 bridgehead atoms. The topological polar surface area (TPSA) is 0 Å². The zero-order valence-corrected chi connectivity index (χ0v) is 13.9. The molecule has 1 heterocycles. The highest BCUT2D eigenvalue weighted by Crippen LogP contribution is 2.60. The lowest BCUT2D eigenvalue weighted by atomic mass is 9.77. The van der Waals surface area contributed by atoms with Gasteiger partial charge in [-0.1, -0.05) is 32.7 Å². The van der Waals surface area contributed by atoms with Crippen LogP contribution in [0.1, 0.15) is 33.6 Å². The molecule has 2 heteroatoms. The maximum Gasteiger partial charge on any atom is 0.0192 e. The van der Waals surface area contributed by atoms with Gasteiger partial charge in [-0.2, -0.15) is 0 Å². The van der Waals surface area contributed by atoms with Crippen LogP contribution >= 0.6 is 20.5 Å². The minimum absolute atomic E-state index is 0.345. The molecule has 0 radical (unpaired) electrons. The molecule has 0 N–H and O–H groups in total. The second kappa shape index (κ2) is 4.62. The van der Waals surface area contributed by atoms with Crippen LogP contribution < -0.4 is 0 Å². The lowest BCUT2D eigenvalue weighted by molar-refractivity contribution is 0.376. The Morgan fingerprint density at radius 3 is 2.24 bits per heavy atom. The largest absolute Gasteiger partial charge is 0.230 e. The van der Waals surface area contributed by atoms with E-state index >= 15 is 0 Å². The van der Waals surface area contributed by atoms with Crippen molar-refractivity contribution in [1.82, 2.24) is 0 Å². The van der Waals surface area contributed by atoms with E-state index in [4.69, 9.17) is 0 Å². The van der Waals surface area contributed by atoms with Gasteiger partial charge in [-0.15, -0.1) is 11.8 Å².